The summed E-state index contributed by atoms with van der Waals surface area (Å²) in [5, 5.41) is 6.64. The Morgan fingerprint density at radius 2 is 2.28 bits per heavy atom. The minimum Gasteiger partial charge on any atom is -0.336 e. The zero-order chi connectivity index (χ0) is 12.5. The molecule has 3 nitrogen and oxygen atoms in total. The highest BCUT2D eigenvalue weighted by Crippen LogP contribution is 2.26. The molecule has 1 saturated heterocycles. The fraction of sp³-hybridized carbons (Fsp3) is 0.357. The first-order chi connectivity index (χ1) is 8.75. The van der Waals surface area contributed by atoms with Crippen molar-refractivity contribution in [3.63, 3.8) is 0 Å². The third-order valence-electron chi connectivity index (χ3n) is 3.44. The van der Waals surface area contributed by atoms with E-state index in [4.69, 9.17) is 0 Å². The van der Waals surface area contributed by atoms with E-state index >= 15 is 0 Å². The van der Waals surface area contributed by atoms with Gasteiger partial charge in [-0.25, -0.2) is 0 Å². The first kappa shape index (κ1) is 11.7. The van der Waals surface area contributed by atoms with E-state index in [-0.39, 0.29) is 11.9 Å². The highest BCUT2D eigenvalue weighted by Gasteiger charge is 2.24. The Morgan fingerprint density at radius 3 is 3.17 bits per heavy atom. The summed E-state index contributed by atoms with van der Waals surface area (Å²) in [6.45, 7) is 4.34. The molecule has 1 aliphatic rings. The molecule has 0 bridgehead atoms. The molecule has 1 unspecified atom stereocenters. The standard InChI is InChI=1S/C14H16N2OS/c1-10-14(17)16(7-6-15-10)8-11-9-18-13-5-3-2-4-12(11)13/h2-5,9-10,15H,6-8H2,1H3. The minimum atomic E-state index is -0.0522. The van der Waals surface area contributed by atoms with Crippen LogP contribution in [0.4, 0.5) is 0 Å². The van der Waals surface area contributed by atoms with E-state index in [2.05, 4.69) is 35.0 Å². The molecule has 1 atom stereocenters. The number of fused-ring (bicyclic) bond motifs is 1. The molecule has 4 heteroatoms. The molecular formula is C14H16N2OS. The number of benzene rings is 1. The fourth-order valence-corrected chi connectivity index (χ4v) is 3.36. The number of carbonyl (C=O) groups is 1. The number of nitrogens with zero attached hydrogens (tertiary/aromatic N) is 1. The average Bonchev–Trinajstić information content (AvgIpc) is 2.79. The van der Waals surface area contributed by atoms with E-state index in [0.717, 1.165) is 19.6 Å². The Labute approximate surface area is 110 Å². The lowest BCUT2D eigenvalue weighted by molar-refractivity contribution is -0.135. The van der Waals surface area contributed by atoms with Crippen LogP contribution in [0.25, 0.3) is 10.1 Å². The Morgan fingerprint density at radius 1 is 1.44 bits per heavy atom. The van der Waals surface area contributed by atoms with Crippen LogP contribution >= 0.6 is 11.3 Å². The van der Waals surface area contributed by atoms with Gasteiger partial charge in [0, 0.05) is 24.3 Å². The maximum atomic E-state index is 12.1. The third-order valence-corrected chi connectivity index (χ3v) is 4.45. The van der Waals surface area contributed by atoms with Crippen molar-refractivity contribution in [2.45, 2.75) is 19.5 Å². The summed E-state index contributed by atoms with van der Waals surface area (Å²) in [6.07, 6.45) is 0. The minimum absolute atomic E-state index is 0.0522. The molecule has 1 aliphatic heterocycles. The van der Waals surface area contributed by atoms with Crippen LogP contribution in [-0.4, -0.2) is 29.9 Å². The van der Waals surface area contributed by atoms with Gasteiger partial charge in [-0.2, -0.15) is 0 Å². The van der Waals surface area contributed by atoms with Gasteiger partial charge in [0.15, 0.2) is 0 Å². The molecule has 0 aliphatic carbocycles. The summed E-state index contributed by atoms with van der Waals surface area (Å²) in [6, 6.07) is 8.33. The average molecular weight is 260 g/mol. The molecule has 0 radical (unpaired) electrons. The topological polar surface area (TPSA) is 32.3 Å². The molecule has 2 aromatic rings. The number of nitrogens with one attached hydrogen (secondary N) is 1. The van der Waals surface area contributed by atoms with Crippen molar-refractivity contribution in [3.05, 3.63) is 35.2 Å². The van der Waals surface area contributed by atoms with Crippen LogP contribution in [0.3, 0.4) is 0 Å². The van der Waals surface area contributed by atoms with Crippen molar-refractivity contribution in [2.24, 2.45) is 0 Å². The summed E-state index contributed by atoms with van der Waals surface area (Å²) in [5.74, 6) is 0.205. The molecule has 3 rings (SSSR count). The zero-order valence-electron chi connectivity index (χ0n) is 10.3. The Bertz CT molecular complexity index is 578. The number of piperazine rings is 1. The first-order valence-corrected chi connectivity index (χ1v) is 7.11. The summed E-state index contributed by atoms with van der Waals surface area (Å²) in [5.41, 5.74) is 1.26. The van der Waals surface area contributed by atoms with Crippen LogP contribution in [0.5, 0.6) is 0 Å². The van der Waals surface area contributed by atoms with E-state index in [1.807, 2.05) is 11.8 Å². The SMILES string of the molecule is CC1NCCN(Cc2csc3ccccc23)C1=O. The van der Waals surface area contributed by atoms with Gasteiger partial charge in [0.25, 0.3) is 0 Å². The predicted molar refractivity (Wildman–Crippen MR) is 74.7 cm³/mol. The van der Waals surface area contributed by atoms with E-state index in [1.165, 1.54) is 15.6 Å². The number of rotatable bonds is 2. The maximum Gasteiger partial charge on any atom is 0.239 e. The van der Waals surface area contributed by atoms with Gasteiger partial charge < -0.3 is 10.2 Å². The van der Waals surface area contributed by atoms with Gasteiger partial charge in [-0.05, 0) is 29.3 Å². The smallest absolute Gasteiger partial charge is 0.239 e. The van der Waals surface area contributed by atoms with Gasteiger partial charge in [-0.15, -0.1) is 11.3 Å². The van der Waals surface area contributed by atoms with Crippen molar-refractivity contribution >= 4 is 27.3 Å². The molecule has 1 aromatic carbocycles. The molecule has 94 valence electrons. The highest BCUT2D eigenvalue weighted by atomic mass is 32.1. The van der Waals surface area contributed by atoms with Gasteiger partial charge in [0.05, 0.1) is 6.04 Å². The van der Waals surface area contributed by atoms with Gasteiger partial charge in [0.2, 0.25) is 5.91 Å². The van der Waals surface area contributed by atoms with Crippen molar-refractivity contribution in [2.75, 3.05) is 13.1 Å². The van der Waals surface area contributed by atoms with E-state index < -0.39 is 0 Å². The van der Waals surface area contributed by atoms with E-state index in [9.17, 15) is 4.79 Å². The molecular weight excluding hydrogens is 244 g/mol. The van der Waals surface area contributed by atoms with Crippen LogP contribution in [0, 0.1) is 0 Å². The van der Waals surface area contributed by atoms with Crippen LogP contribution in [-0.2, 0) is 11.3 Å². The second kappa shape index (κ2) is 4.71. The number of thiophene rings is 1. The quantitative estimate of drug-likeness (QED) is 0.898. The van der Waals surface area contributed by atoms with Crippen molar-refractivity contribution in [1.82, 2.24) is 10.2 Å². The maximum absolute atomic E-state index is 12.1. The lowest BCUT2D eigenvalue weighted by Gasteiger charge is -2.31. The predicted octanol–water partition coefficient (Wildman–Crippen LogP) is 2.22. The van der Waals surface area contributed by atoms with Crippen LogP contribution in [0.1, 0.15) is 12.5 Å². The normalized spacial score (nSPS) is 20.6. The zero-order valence-corrected chi connectivity index (χ0v) is 11.2. The molecule has 1 amide bonds. The van der Waals surface area contributed by atoms with Crippen molar-refractivity contribution in [3.8, 4) is 0 Å². The monoisotopic (exact) mass is 260 g/mol. The molecule has 1 N–H and O–H groups in total. The van der Waals surface area contributed by atoms with E-state index in [1.54, 1.807) is 11.3 Å². The molecule has 0 spiro atoms. The third kappa shape index (κ3) is 2.02. The largest absolute Gasteiger partial charge is 0.336 e. The summed E-state index contributed by atoms with van der Waals surface area (Å²) in [7, 11) is 0. The van der Waals surface area contributed by atoms with Crippen molar-refractivity contribution < 1.29 is 4.79 Å². The van der Waals surface area contributed by atoms with Crippen LogP contribution in [0.2, 0.25) is 0 Å². The molecule has 1 fully saturated rings. The Balaban J connectivity index is 1.86. The second-order valence-corrected chi connectivity index (χ2v) is 5.60. The fourth-order valence-electron chi connectivity index (χ4n) is 2.41. The van der Waals surface area contributed by atoms with Gasteiger partial charge in [0.1, 0.15) is 0 Å². The number of hydrogen-bond acceptors (Lipinski definition) is 3. The molecule has 0 saturated carbocycles. The second-order valence-electron chi connectivity index (χ2n) is 4.69. The lowest BCUT2D eigenvalue weighted by atomic mass is 10.1. The summed E-state index contributed by atoms with van der Waals surface area (Å²) < 4.78 is 1.29. The summed E-state index contributed by atoms with van der Waals surface area (Å²) in [4.78, 5) is 14.0. The highest BCUT2D eigenvalue weighted by molar-refractivity contribution is 7.17. The van der Waals surface area contributed by atoms with Crippen molar-refractivity contribution in [1.29, 1.82) is 0 Å². The van der Waals surface area contributed by atoms with E-state index in [0.29, 0.717) is 0 Å². The Hall–Kier alpha value is -1.39. The number of amides is 1. The first-order valence-electron chi connectivity index (χ1n) is 6.23. The molecule has 18 heavy (non-hydrogen) atoms. The summed E-state index contributed by atoms with van der Waals surface area (Å²) >= 11 is 1.75. The van der Waals surface area contributed by atoms with Crippen LogP contribution < -0.4 is 5.32 Å². The van der Waals surface area contributed by atoms with Gasteiger partial charge >= 0.3 is 0 Å². The number of carbonyl (C=O) groups excluding carboxylic acids is 1. The van der Waals surface area contributed by atoms with Gasteiger partial charge in [-0.1, -0.05) is 18.2 Å². The van der Waals surface area contributed by atoms with Gasteiger partial charge in [-0.3, -0.25) is 4.79 Å². The molecule has 2 heterocycles. The Kier molecular flexibility index (Phi) is 3.06. The number of hydrogen-bond donors (Lipinski definition) is 1. The van der Waals surface area contributed by atoms with Crippen LogP contribution in [0.15, 0.2) is 29.6 Å². The molecule has 1 aromatic heterocycles. The lowest BCUT2D eigenvalue weighted by Crippen LogP contribution is -2.53.